The fourth-order valence-electron chi connectivity index (χ4n) is 2.37. The van der Waals surface area contributed by atoms with E-state index in [1.165, 1.54) is 0 Å². The monoisotopic (exact) mass is 303 g/mol. The van der Waals surface area contributed by atoms with E-state index >= 15 is 0 Å². The summed E-state index contributed by atoms with van der Waals surface area (Å²) in [7, 11) is 0. The fraction of sp³-hybridized carbons (Fsp3) is 0.105. The minimum Gasteiger partial charge on any atom is -0.345 e. The van der Waals surface area contributed by atoms with Crippen molar-refractivity contribution in [3.8, 4) is 11.1 Å². The lowest BCUT2D eigenvalue weighted by molar-refractivity contribution is 0.0939. The summed E-state index contributed by atoms with van der Waals surface area (Å²) >= 11 is 0. The molecule has 2 heterocycles. The number of nitrogens with one attached hydrogen (secondary N) is 1. The Balaban J connectivity index is 1.71. The number of amides is 1. The van der Waals surface area contributed by atoms with E-state index in [0.717, 1.165) is 16.7 Å². The predicted molar refractivity (Wildman–Crippen MR) is 89.8 cm³/mol. The summed E-state index contributed by atoms with van der Waals surface area (Å²) in [5.41, 5.74) is 3.87. The van der Waals surface area contributed by atoms with Crippen molar-refractivity contribution in [2.45, 2.75) is 13.0 Å². The van der Waals surface area contributed by atoms with Gasteiger partial charge in [0.1, 0.15) is 0 Å². The average molecular weight is 303 g/mol. The van der Waals surface area contributed by atoms with Crippen molar-refractivity contribution in [3.05, 3.63) is 84.4 Å². The molecule has 23 heavy (non-hydrogen) atoms. The van der Waals surface area contributed by atoms with Gasteiger partial charge in [0.2, 0.25) is 0 Å². The highest BCUT2D eigenvalue weighted by atomic mass is 16.1. The summed E-state index contributed by atoms with van der Waals surface area (Å²) in [6.07, 6.45) is 6.77. The summed E-state index contributed by atoms with van der Waals surface area (Å²) in [6.45, 7) is 1.97. The Hall–Kier alpha value is -3.01. The highest BCUT2D eigenvalue weighted by Gasteiger charge is 2.11. The molecule has 0 bridgehead atoms. The number of aromatic nitrogens is 2. The van der Waals surface area contributed by atoms with Gasteiger partial charge in [-0.25, -0.2) is 0 Å². The summed E-state index contributed by atoms with van der Waals surface area (Å²) < 4.78 is 0. The number of pyridine rings is 2. The van der Waals surface area contributed by atoms with Crippen molar-refractivity contribution < 1.29 is 4.79 Å². The highest BCUT2D eigenvalue weighted by molar-refractivity contribution is 5.94. The van der Waals surface area contributed by atoms with Crippen LogP contribution in [0.4, 0.5) is 0 Å². The molecule has 0 aliphatic heterocycles. The Bertz CT molecular complexity index is 771. The van der Waals surface area contributed by atoms with E-state index in [2.05, 4.69) is 27.4 Å². The number of benzene rings is 1. The van der Waals surface area contributed by atoms with Crippen LogP contribution in [0.2, 0.25) is 0 Å². The van der Waals surface area contributed by atoms with Crippen molar-refractivity contribution in [1.29, 1.82) is 0 Å². The molecule has 1 amide bonds. The quantitative estimate of drug-likeness (QED) is 0.800. The molecule has 114 valence electrons. The second-order valence-corrected chi connectivity index (χ2v) is 5.29. The average Bonchev–Trinajstić information content (AvgIpc) is 2.63. The molecule has 0 spiro atoms. The molecule has 1 N–H and O–H groups in total. The first-order valence-electron chi connectivity index (χ1n) is 7.45. The highest BCUT2D eigenvalue weighted by Crippen LogP contribution is 2.21. The van der Waals surface area contributed by atoms with Gasteiger partial charge in [-0.05, 0) is 47.9 Å². The number of nitrogens with zero attached hydrogens (tertiary/aromatic N) is 2. The zero-order valence-electron chi connectivity index (χ0n) is 12.8. The molecule has 3 rings (SSSR count). The zero-order chi connectivity index (χ0) is 16.1. The van der Waals surface area contributed by atoms with Gasteiger partial charge < -0.3 is 5.32 Å². The minimum atomic E-state index is -0.121. The maximum absolute atomic E-state index is 12.2. The molecule has 0 radical (unpaired) electrons. The summed E-state index contributed by atoms with van der Waals surface area (Å²) in [4.78, 5) is 20.1. The van der Waals surface area contributed by atoms with E-state index in [-0.39, 0.29) is 11.9 Å². The first-order valence-corrected chi connectivity index (χ1v) is 7.45. The fourth-order valence-corrected chi connectivity index (χ4v) is 2.37. The molecule has 0 saturated heterocycles. The number of hydrogen-bond acceptors (Lipinski definition) is 3. The van der Waals surface area contributed by atoms with Crippen LogP contribution in [0.3, 0.4) is 0 Å². The van der Waals surface area contributed by atoms with E-state index in [1.807, 2.05) is 31.2 Å². The number of hydrogen-bond donors (Lipinski definition) is 1. The first-order chi connectivity index (χ1) is 11.2. The zero-order valence-corrected chi connectivity index (χ0v) is 12.8. The number of carbonyl (C=O) groups excluding carboxylic acids is 1. The smallest absolute Gasteiger partial charge is 0.253 e. The van der Waals surface area contributed by atoms with E-state index in [4.69, 9.17) is 0 Å². The molecule has 0 fully saturated rings. The third-order valence-corrected chi connectivity index (χ3v) is 3.70. The molecule has 4 heteroatoms. The van der Waals surface area contributed by atoms with E-state index < -0.39 is 0 Å². The van der Waals surface area contributed by atoms with Crippen LogP contribution < -0.4 is 5.32 Å². The van der Waals surface area contributed by atoms with Crippen molar-refractivity contribution in [3.63, 3.8) is 0 Å². The van der Waals surface area contributed by atoms with Gasteiger partial charge in [0.25, 0.3) is 5.91 Å². The van der Waals surface area contributed by atoms with Crippen LogP contribution in [0.25, 0.3) is 11.1 Å². The second kappa shape index (κ2) is 6.83. The van der Waals surface area contributed by atoms with Crippen LogP contribution in [-0.4, -0.2) is 15.9 Å². The van der Waals surface area contributed by atoms with Crippen LogP contribution in [0.1, 0.15) is 28.9 Å². The van der Waals surface area contributed by atoms with Gasteiger partial charge in [-0.1, -0.05) is 24.3 Å². The first kappa shape index (κ1) is 14.9. The van der Waals surface area contributed by atoms with E-state index in [9.17, 15) is 4.79 Å². The Morgan fingerprint density at radius 2 is 1.61 bits per heavy atom. The topological polar surface area (TPSA) is 54.9 Å². The molecule has 4 nitrogen and oxygen atoms in total. The van der Waals surface area contributed by atoms with Gasteiger partial charge >= 0.3 is 0 Å². The van der Waals surface area contributed by atoms with Crippen LogP contribution in [-0.2, 0) is 0 Å². The van der Waals surface area contributed by atoms with Gasteiger partial charge in [0.05, 0.1) is 11.6 Å². The molecule has 2 aromatic heterocycles. The molecule has 0 aliphatic rings. The summed E-state index contributed by atoms with van der Waals surface area (Å²) in [5.74, 6) is -0.121. The van der Waals surface area contributed by atoms with Crippen molar-refractivity contribution in [2.75, 3.05) is 0 Å². The molecule has 0 unspecified atom stereocenters. The summed E-state index contributed by atoms with van der Waals surface area (Å²) in [6, 6.07) is 15.5. The largest absolute Gasteiger partial charge is 0.345 e. The normalized spacial score (nSPS) is 11.7. The molecular weight excluding hydrogens is 286 g/mol. The third-order valence-electron chi connectivity index (χ3n) is 3.70. The van der Waals surface area contributed by atoms with Gasteiger partial charge in [-0.3, -0.25) is 14.8 Å². The molecular formula is C19H17N3O. The molecule has 3 aromatic rings. The van der Waals surface area contributed by atoms with Crippen LogP contribution in [0.15, 0.2) is 73.3 Å². The lowest BCUT2D eigenvalue weighted by Crippen LogP contribution is -2.26. The van der Waals surface area contributed by atoms with Gasteiger partial charge in [0.15, 0.2) is 0 Å². The minimum absolute atomic E-state index is 0.0748. The Morgan fingerprint density at radius 1 is 0.913 bits per heavy atom. The molecule has 0 saturated carbocycles. The van der Waals surface area contributed by atoms with Crippen LogP contribution >= 0.6 is 0 Å². The predicted octanol–water partition coefficient (Wildman–Crippen LogP) is 3.63. The van der Waals surface area contributed by atoms with Crippen molar-refractivity contribution in [2.24, 2.45) is 0 Å². The molecule has 1 atom stereocenters. The van der Waals surface area contributed by atoms with E-state index in [0.29, 0.717) is 5.56 Å². The maximum Gasteiger partial charge on any atom is 0.253 e. The standard InChI is InChI=1S/C19H17N3O/c1-14(22-19(23)18-3-2-10-21-13-18)15-4-6-16(7-5-15)17-8-11-20-12-9-17/h2-14H,1H3,(H,22,23)/t14-/m0/s1. The van der Waals surface area contributed by atoms with Crippen molar-refractivity contribution >= 4 is 5.91 Å². The molecule has 0 aliphatic carbocycles. The third kappa shape index (κ3) is 3.61. The SMILES string of the molecule is C[C@H](NC(=O)c1cccnc1)c1ccc(-c2ccncc2)cc1. The second-order valence-electron chi connectivity index (χ2n) is 5.29. The van der Waals surface area contributed by atoms with Crippen LogP contribution in [0, 0.1) is 0 Å². The maximum atomic E-state index is 12.2. The number of carbonyl (C=O) groups is 1. The van der Waals surface area contributed by atoms with Crippen molar-refractivity contribution in [1.82, 2.24) is 15.3 Å². The summed E-state index contributed by atoms with van der Waals surface area (Å²) in [5, 5.41) is 2.98. The molecule has 1 aromatic carbocycles. The lowest BCUT2D eigenvalue weighted by atomic mass is 10.0. The van der Waals surface area contributed by atoms with Crippen LogP contribution in [0.5, 0.6) is 0 Å². The van der Waals surface area contributed by atoms with Gasteiger partial charge in [-0.2, -0.15) is 0 Å². The van der Waals surface area contributed by atoms with Gasteiger partial charge in [0, 0.05) is 24.8 Å². The van der Waals surface area contributed by atoms with E-state index in [1.54, 1.807) is 36.9 Å². The Morgan fingerprint density at radius 3 is 2.26 bits per heavy atom. The van der Waals surface area contributed by atoms with Gasteiger partial charge in [-0.15, -0.1) is 0 Å². The number of rotatable bonds is 4. The Kier molecular flexibility index (Phi) is 4.43. The lowest BCUT2D eigenvalue weighted by Gasteiger charge is -2.15. The Labute approximate surface area is 135 Å².